The summed E-state index contributed by atoms with van der Waals surface area (Å²) in [6.07, 6.45) is 7.46. The second kappa shape index (κ2) is 6.36. The Bertz CT molecular complexity index is 515. The molecule has 104 valence electrons. The van der Waals surface area contributed by atoms with E-state index in [0.29, 0.717) is 18.9 Å². The smallest absolute Gasteiger partial charge is 0.441 e. The average molecular weight is 266 g/mol. The maximum Gasteiger partial charge on any atom is 0.441 e. The number of hydrogen-bond acceptors (Lipinski definition) is 5. The largest absolute Gasteiger partial charge is 0.463 e. The summed E-state index contributed by atoms with van der Waals surface area (Å²) in [5.41, 5.74) is 0. The first-order valence-corrected chi connectivity index (χ1v) is 6.62. The Hall–Kier alpha value is -1.85. The van der Waals surface area contributed by atoms with Crippen LogP contribution in [0.3, 0.4) is 0 Å². The summed E-state index contributed by atoms with van der Waals surface area (Å²) in [5.74, 6) is -0.0579. The molecule has 0 amide bonds. The van der Waals surface area contributed by atoms with Gasteiger partial charge in [0.15, 0.2) is 5.82 Å². The van der Waals surface area contributed by atoms with Crippen LogP contribution in [-0.4, -0.2) is 22.3 Å². The summed E-state index contributed by atoms with van der Waals surface area (Å²) >= 11 is 0. The highest BCUT2D eigenvalue weighted by molar-refractivity contribution is 5.81. The second-order valence-corrected chi connectivity index (χ2v) is 4.52. The minimum atomic E-state index is -0.411. The summed E-state index contributed by atoms with van der Waals surface area (Å²) in [6, 6.07) is 0.0157. The van der Waals surface area contributed by atoms with Gasteiger partial charge in [-0.15, -0.1) is 0 Å². The van der Waals surface area contributed by atoms with E-state index in [0.717, 1.165) is 25.7 Å². The first-order valence-electron chi connectivity index (χ1n) is 6.62. The topological polar surface area (TPSA) is 74.3 Å². The number of aryl methyl sites for hydroxylation is 1. The number of rotatable bonds is 4. The number of hydrogen-bond donors (Lipinski definition) is 0. The molecule has 19 heavy (non-hydrogen) atoms. The van der Waals surface area contributed by atoms with Crippen LogP contribution in [0.5, 0.6) is 0 Å². The van der Waals surface area contributed by atoms with E-state index in [1.54, 1.807) is 17.6 Å². The molecule has 1 aliphatic rings. The van der Waals surface area contributed by atoms with Crippen molar-refractivity contribution >= 4 is 5.97 Å². The van der Waals surface area contributed by atoms with Crippen molar-refractivity contribution in [2.24, 2.45) is 0 Å². The zero-order valence-electron chi connectivity index (χ0n) is 11.0. The second-order valence-electron chi connectivity index (χ2n) is 4.52. The van der Waals surface area contributed by atoms with Crippen molar-refractivity contribution in [1.82, 2.24) is 9.72 Å². The Labute approximate surface area is 111 Å². The van der Waals surface area contributed by atoms with Gasteiger partial charge in [0.2, 0.25) is 0 Å². The third kappa shape index (κ3) is 3.33. The van der Waals surface area contributed by atoms with Gasteiger partial charge in [0, 0.05) is 18.5 Å². The van der Waals surface area contributed by atoms with Gasteiger partial charge in [0.05, 0.1) is 6.61 Å². The summed E-state index contributed by atoms with van der Waals surface area (Å²) in [6.45, 7) is 2.13. The number of aromatic nitrogens is 2. The fraction of sp³-hybridized carbons (Fsp3) is 0.615. The van der Waals surface area contributed by atoms with Gasteiger partial charge in [0.25, 0.3) is 0 Å². The van der Waals surface area contributed by atoms with Gasteiger partial charge in [-0.2, -0.15) is 0 Å². The third-order valence-electron chi connectivity index (χ3n) is 3.21. The molecule has 0 aromatic carbocycles. The molecule has 6 nitrogen and oxygen atoms in total. The van der Waals surface area contributed by atoms with Gasteiger partial charge < -0.3 is 4.74 Å². The van der Waals surface area contributed by atoms with Crippen molar-refractivity contribution in [1.29, 1.82) is 0 Å². The zero-order valence-corrected chi connectivity index (χ0v) is 11.0. The predicted molar refractivity (Wildman–Crippen MR) is 67.7 cm³/mol. The lowest BCUT2D eigenvalue weighted by Crippen LogP contribution is -2.21. The number of nitrogens with zero attached hydrogens (tertiary/aromatic N) is 2. The maximum absolute atomic E-state index is 11.6. The molecule has 6 heteroatoms. The van der Waals surface area contributed by atoms with Crippen molar-refractivity contribution in [3.8, 4) is 0 Å². The molecule has 0 fully saturated rings. The fourth-order valence-corrected chi connectivity index (χ4v) is 2.34. The number of ether oxygens (including phenoxy) is 1. The van der Waals surface area contributed by atoms with E-state index in [9.17, 15) is 9.59 Å². The molecular formula is C13H18N2O4. The van der Waals surface area contributed by atoms with Gasteiger partial charge in [-0.3, -0.25) is 9.09 Å². The molecule has 0 N–H and O–H groups in total. The van der Waals surface area contributed by atoms with Crippen LogP contribution in [0, 0.1) is 0 Å². The Kier molecular flexibility index (Phi) is 4.54. The van der Waals surface area contributed by atoms with Gasteiger partial charge in [0.1, 0.15) is 0 Å². The molecule has 1 aromatic heterocycles. The molecular weight excluding hydrogens is 248 g/mol. The van der Waals surface area contributed by atoms with Crippen molar-refractivity contribution in [3.05, 3.63) is 28.5 Å². The Morgan fingerprint density at radius 1 is 1.58 bits per heavy atom. The Morgan fingerprint density at radius 2 is 2.42 bits per heavy atom. The normalized spacial score (nSPS) is 19.1. The fourth-order valence-electron chi connectivity index (χ4n) is 2.34. The summed E-state index contributed by atoms with van der Waals surface area (Å²) in [7, 11) is 0. The van der Waals surface area contributed by atoms with Crippen LogP contribution in [0.25, 0.3) is 0 Å². The van der Waals surface area contributed by atoms with Crippen molar-refractivity contribution in [3.63, 3.8) is 0 Å². The highest BCUT2D eigenvalue weighted by atomic mass is 16.5. The minimum absolute atomic E-state index is 0.0157. The van der Waals surface area contributed by atoms with Crippen LogP contribution in [0.2, 0.25) is 0 Å². The molecule has 0 saturated heterocycles. The molecule has 0 saturated carbocycles. The number of fused-ring (bicyclic) bond motifs is 1. The monoisotopic (exact) mass is 266 g/mol. The molecule has 1 aromatic rings. The van der Waals surface area contributed by atoms with E-state index in [-0.39, 0.29) is 12.0 Å². The number of carbonyl (C=O) groups is 1. The van der Waals surface area contributed by atoms with E-state index in [1.165, 1.54) is 6.08 Å². The first kappa shape index (κ1) is 13.6. The maximum atomic E-state index is 11.6. The summed E-state index contributed by atoms with van der Waals surface area (Å²) < 4.78 is 11.1. The molecule has 1 aliphatic heterocycles. The summed E-state index contributed by atoms with van der Waals surface area (Å²) in [5, 5.41) is 3.80. The van der Waals surface area contributed by atoms with Crippen LogP contribution in [0.4, 0.5) is 0 Å². The highest BCUT2D eigenvalue weighted by Gasteiger charge is 2.21. The molecule has 1 unspecified atom stereocenters. The lowest BCUT2D eigenvalue weighted by molar-refractivity contribution is -0.137. The van der Waals surface area contributed by atoms with Crippen LogP contribution in [0.15, 0.2) is 21.5 Å². The number of esters is 1. The predicted octanol–water partition coefficient (Wildman–Crippen LogP) is 1.61. The van der Waals surface area contributed by atoms with Gasteiger partial charge >= 0.3 is 11.7 Å². The van der Waals surface area contributed by atoms with E-state index in [1.807, 2.05) is 0 Å². The van der Waals surface area contributed by atoms with Gasteiger partial charge in [-0.25, -0.2) is 9.59 Å². The van der Waals surface area contributed by atoms with Crippen molar-refractivity contribution < 1.29 is 14.1 Å². The van der Waals surface area contributed by atoms with Crippen molar-refractivity contribution in [2.45, 2.75) is 45.1 Å². The lowest BCUT2D eigenvalue weighted by atomic mass is 10.1. The minimum Gasteiger partial charge on any atom is -0.463 e. The number of carbonyl (C=O) groups excluding carboxylic acids is 1. The lowest BCUT2D eigenvalue weighted by Gasteiger charge is -2.13. The van der Waals surface area contributed by atoms with E-state index >= 15 is 0 Å². The first-order chi connectivity index (χ1) is 9.22. The molecule has 2 rings (SSSR count). The SMILES string of the molecule is CCOC(=O)/C=C/CC1CCCCc2noc(=O)n21. The van der Waals surface area contributed by atoms with E-state index in [2.05, 4.69) is 5.16 Å². The van der Waals surface area contributed by atoms with Gasteiger partial charge in [-0.05, 0) is 26.2 Å². The Morgan fingerprint density at radius 3 is 3.21 bits per heavy atom. The van der Waals surface area contributed by atoms with Crippen LogP contribution in [0.1, 0.15) is 44.5 Å². The zero-order chi connectivity index (χ0) is 13.7. The summed E-state index contributed by atoms with van der Waals surface area (Å²) in [4.78, 5) is 22.9. The average Bonchev–Trinajstić information content (AvgIpc) is 2.62. The standard InChI is InChI=1S/C13H18N2O4/c1-2-18-12(16)9-5-7-10-6-3-4-8-11-14-19-13(17)15(10)11/h5,9-10H,2-4,6-8H2,1H3/b9-5+. The molecule has 0 spiro atoms. The van der Waals surface area contributed by atoms with E-state index < -0.39 is 5.76 Å². The van der Waals surface area contributed by atoms with Gasteiger partial charge in [-0.1, -0.05) is 17.7 Å². The highest BCUT2D eigenvalue weighted by Crippen LogP contribution is 2.24. The van der Waals surface area contributed by atoms with E-state index in [4.69, 9.17) is 9.26 Å². The Balaban J connectivity index is 2.06. The third-order valence-corrected chi connectivity index (χ3v) is 3.21. The molecule has 0 radical (unpaired) electrons. The van der Waals surface area contributed by atoms with Crippen LogP contribution in [-0.2, 0) is 16.0 Å². The molecule has 0 bridgehead atoms. The number of allylic oxidation sites excluding steroid dienone is 1. The van der Waals surface area contributed by atoms with Crippen molar-refractivity contribution in [2.75, 3.05) is 6.61 Å². The molecule has 0 aliphatic carbocycles. The quantitative estimate of drug-likeness (QED) is 0.611. The molecule has 1 atom stereocenters. The van der Waals surface area contributed by atoms with Crippen LogP contribution < -0.4 is 5.76 Å². The van der Waals surface area contributed by atoms with Crippen LogP contribution >= 0.6 is 0 Å². The molecule has 2 heterocycles.